The van der Waals surface area contributed by atoms with Crippen molar-refractivity contribution in [3.05, 3.63) is 33.3 Å². The Balaban J connectivity index is 2.32. The summed E-state index contributed by atoms with van der Waals surface area (Å²) in [5, 5.41) is 0.784. The van der Waals surface area contributed by atoms with Gasteiger partial charge in [-0.3, -0.25) is 0 Å². The van der Waals surface area contributed by atoms with E-state index in [4.69, 9.17) is 16.4 Å². The summed E-state index contributed by atoms with van der Waals surface area (Å²) in [5.41, 5.74) is 4.03. The molecular formula is C9H9BrClNO. The molecule has 0 saturated carbocycles. The summed E-state index contributed by atoms with van der Waals surface area (Å²) in [6, 6.07) is 6.07. The average molecular weight is 263 g/mol. The van der Waals surface area contributed by atoms with E-state index in [9.17, 15) is 0 Å². The van der Waals surface area contributed by atoms with Gasteiger partial charge in [0.05, 0.1) is 12.6 Å². The molecule has 0 aliphatic carbocycles. The lowest BCUT2D eigenvalue weighted by atomic mass is 10.1. The number of hydrogen-bond acceptors (Lipinski definition) is 2. The number of hydrogen-bond donors (Lipinski definition) is 1. The Labute approximate surface area is 90.3 Å². The molecule has 1 atom stereocenters. The van der Waals surface area contributed by atoms with Crippen molar-refractivity contribution in [2.45, 2.75) is 12.5 Å². The molecule has 2 nitrogen and oxygen atoms in total. The van der Waals surface area contributed by atoms with E-state index in [1.807, 2.05) is 18.2 Å². The first-order valence-corrected chi connectivity index (χ1v) is 5.27. The molecule has 70 valence electrons. The highest BCUT2D eigenvalue weighted by Gasteiger charge is 2.19. The van der Waals surface area contributed by atoms with Crippen LogP contribution in [-0.2, 0) is 4.84 Å². The SMILES string of the molecule is Clc1ccc(Br)cc1C1CCON1. The molecule has 1 fully saturated rings. The summed E-state index contributed by atoms with van der Waals surface area (Å²) in [6.45, 7) is 0.744. The van der Waals surface area contributed by atoms with Crippen molar-refractivity contribution in [2.75, 3.05) is 6.61 Å². The zero-order valence-electron chi connectivity index (χ0n) is 6.89. The van der Waals surface area contributed by atoms with Gasteiger partial charge in [0.15, 0.2) is 0 Å². The smallest absolute Gasteiger partial charge is 0.0701 e. The van der Waals surface area contributed by atoms with Gasteiger partial charge in [-0.05, 0) is 30.2 Å². The molecule has 0 amide bonds. The predicted octanol–water partition coefficient (Wildman–Crippen LogP) is 3.07. The molecule has 2 rings (SSSR count). The normalized spacial score (nSPS) is 22.2. The average Bonchev–Trinajstić information content (AvgIpc) is 2.61. The summed E-state index contributed by atoms with van der Waals surface area (Å²) in [4.78, 5) is 5.08. The van der Waals surface area contributed by atoms with E-state index in [2.05, 4.69) is 21.4 Å². The molecule has 1 saturated heterocycles. The van der Waals surface area contributed by atoms with E-state index in [1.54, 1.807) is 0 Å². The Morgan fingerprint density at radius 3 is 3.08 bits per heavy atom. The van der Waals surface area contributed by atoms with Crippen LogP contribution in [0, 0.1) is 0 Å². The fourth-order valence-corrected chi connectivity index (χ4v) is 2.02. The van der Waals surface area contributed by atoms with E-state index in [0.717, 1.165) is 28.1 Å². The largest absolute Gasteiger partial charge is 0.301 e. The van der Waals surface area contributed by atoms with E-state index >= 15 is 0 Å². The maximum atomic E-state index is 6.06. The minimum atomic E-state index is 0.227. The Morgan fingerprint density at radius 2 is 2.38 bits per heavy atom. The van der Waals surface area contributed by atoms with Crippen LogP contribution in [0.2, 0.25) is 5.02 Å². The lowest BCUT2D eigenvalue weighted by molar-refractivity contribution is 0.0883. The molecular weight excluding hydrogens is 253 g/mol. The fourth-order valence-electron chi connectivity index (χ4n) is 1.40. The first-order chi connectivity index (χ1) is 6.27. The quantitative estimate of drug-likeness (QED) is 0.840. The highest BCUT2D eigenvalue weighted by atomic mass is 79.9. The van der Waals surface area contributed by atoms with Crippen molar-refractivity contribution in [1.29, 1.82) is 0 Å². The van der Waals surface area contributed by atoms with Crippen molar-refractivity contribution in [1.82, 2.24) is 5.48 Å². The molecule has 0 bridgehead atoms. The van der Waals surface area contributed by atoms with Gasteiger partial charge in [-0.15, -0.1) is 0 Å². The number of hydroxylamine groups is 1. The first-order valence-electron chi connectivity index (χ1n) is 4.09. The van der Waals surface area contributed by atoms with Crippen LogP contribution in [-0.4, -0.2) is 6.61 Å². The van der Waals surface area contributed by atoms with Crippen molar-refractivity contribution in [2.24, 2.45) is 0 Å². The van der Waals surface area contributed by atoms with Crippen LogP contribution < -0.4 is 5.48 Å². The highest BCUT2D eigenvalue weighted by molar-refractivity contribution is 9.10. The topological polar surface area (TPSA) is 21.3 Å². The van der Waals surface area contributed by atoms with E-state index in [0.29, 0.717) is 0 Å². The third-order valence-corrected chi connectivity index (χ3v) is 2.91. The van der Waals surface area contributed by atoms with Gasteiger partial charge in [-0.25, -0.2) is 0 Å². The van der Waals surface area contributed by atoms with Crippen LogP contribution in [0.15, 0.2) is 22.7 Å². The van der Waals surface area contributed by atoms with Crippen molar-refractivity contribution >= 4 is 27.5 Å². The Bertz CT molecular complexity index is 312. The van der Waals surface area contributed by atoms with Gasteiger partial charge >= 0.3 is 0 Å². The third-order valence-electron chi connectivity index (χ3n) is 2.07. The van der Waals surface area contributed by atoms with Gasteiger partial charge in [0.1, 0.15) is 0 Å². The zero-order chi connectivity index (χ0) is 9.26. The molecule has 1 aliphatic heterocycles. The van der Waals surface area contributed by atoms with Gasteiger partial charge in [0.25, 0.3) is 0 Å². The van der Waals surface area contributed by atoms with E-state index in [1.165, 1.54) is 0 Å². The first kappa shape index (κ1) is 9.46. The van der Waals surface area contributed by atoms with Crippen LogP contribution in [0.3, 0.4) is 0 Å². The van der Waals surface area contributed by atoms with E-state index < -0.39 is 0 Å². The Kier molecular flexibility index (Phi) is 2.89. The van der Waals surface area contributed by atoms with Crippen LogP contribution in [0.5, 0.6) is 0 Å². The highest BCUT2D eigenvalue weighted by Crippen LogP contribution is 2.30. The Morgan fingerprint density at radius 1 is 1.54 bits per heavy atom. The van der Waals surface area contributed by atoms with Crippen molar-refractivity contribution in [3.63, 3.8) is 0 Å². The molecule has 13 heavy (non-hydrogen) atoms. The molecule has 1 unspecified atom stereocenters. The van der Waals surface area contributed by atoms with Gasteiger partial charge < -0.3 is 4.84 Å². The van der Waals surface area contributed by atoms with Gasteiger partial charge in [0.2, 0.25) is 0 Å². The second-order valence-corrected chi connectivity index (χ2v) is 4.30. The van der Waals surface area contributed by atoms with Gasteiger partial charge in [-0.1, -0.05) is 27.5 Å². The number of halogens is 2. The molecule has 4 heteroatoms. The number of rotatable bonds is 1. The van der Waals surface area contributed by atoms with Crippen LogP contribution >= 0.6 is 27.5 Å². The lowest BCUT2D eigenvalue weighted by Crippen LogP contribution is -2.11. The maximum Gasteiger partial charge on any atom is 0.0701 e. The Hall–Kier alpha value is -0.0900. The monoisotopic (exact) mass is 261 g/mol. The number of benzene rings is 1. The van der Waals surface area contributed by atoms with Gasteiger partial charge in [0, 0.05) is 9.50 Å². The maximum absolute atomic E-state index is 6.06. The summed E-state index contributed by atoms with van der Waals surface area (Å²) < 4.78 is 1.04. The molecule has 0 radical (unpaired) electrons. The predicted molar refractivity (Wildman–Crippen MR) is 55.6 cm³/mol. The summed E-state index contributed by atoms with van der Waals surface area (Å²) in [5.74, 6) is 0. The van der Waals surface area contributed by atoms with Crippen LogP contribution in [0.25, 0.3) is 0 Å². The molecule has 1 N–H and O–H groups in total. The zero-order valence-corrected chi connectivity index (χ0v) is 9.23. The summed E-state index contributed by atoms with van der Waals surface area (Å²) in [7, 11) is 0. The van der Waals surface area contributed by atoms with Crippen LogP contribution in [0.4, 0.5) is 0 Å². The van der Waals surface area contributed by atoms with Crippen LogP contribution in [0.1, 0.15) is 18.0 Å². The molecule has 1 aromatic carbocycles. The minimum Gasteiger partial charge on any atom is -0.301 e. The summed E-state index contributed by atoms with van der Waals surface area (Å²) >= 11 is 9.48. The number of nitrogens with one attached hydrogen (secondary N) is 1. The van der Waals surface area contributed by atoms with Crippen molar-refractivity contribution in [3.8, 4) is 0 Å². The third kappa shape index (κ3) is 2.05. The molecule has 1 aromatic rings. The molecule has 1 heterocycles. The van der Waals surface area contributed by atoms with Gasteiger partial charge in [-0.2, -0.15) is 5.48 Å². The molecule has 0 spiro atoms. The molecule has 0 aromatic heterocycles. The standard InChI is InChI=1S/C9H9BrClNO/c10-6-1-2-8(11)7(5-6)9-3-4-13-12-9/h1-2,5,9,12H,3-4H2. The van der Waals surface area contributed by atoms with E-state index in [-0.39, 0.29) is 6.04 Å². The van der Waals surface area contributed by atoms with Crippen molar-refractivity contribution < 1.29 is 4.84 Å². The lowest BCUT2D eigenvalue weighted by Gasteiger charge is -2.10. The second kappa shape index (κ2) is 3.96. The molecule has 1 aliphatic rings. The second-order valence-electron chi connectivity index (χ2n) is 2.97. The minimum absolute atomic E-state index is 0.227. The fraction of sp³-hybridized carbons (Fsp3) is 0.333. The summed E-state index contributed by atoms with van der Waals surface area (Å²) in [6.07, 6.45) is 0.968.